The smallest absolute Gasteiger partial charge is 0.257 e. The van der Waals surface area contributed by atoms with Crippen LogP contribution in [0, 0.1) is 6.92 Å². The highest BCUT2D eigenvalue weighted by molar-refractivity contribution is 7.15. The molecule has 2 heterocycles. The summed E-state index contributed by atoms with van der Waals surface area (Å²) < 4.78 is 14.0. The van der Waals surface area contributed by atoms with E-state index in [0.717, 1.165) is 34.5 Å². The molecule has 1 aromatic carbocycles. The van der Waals surface area contributed by atoms with Gasteiger partial charge in [0.25, 0.3) is 5.91 Å². The van der Waals surface area contributed by atoms with Crippen LogP contribution in [0.5, 0.6) is 5.75 Å². The standard InChI is InChI=1S/C15H15N5O2S2/c1-3-13-17-18-15(23-13)16-14(21)10-5-4-6-11(7-10)22-8-12-9(2)19-24-20-12/h4-7H,3,8H2,1-2H3,(H,16,18,21). The Morgan fingerprint density at radius 1 is 1.29 bits per heavy atom. The highest BCUT2D eigenvalue weighted by Crippen LogP contribution is 2.19. The maximum absolute atomic E-state index is 12.3. The van der Waals surface area contributed by atoms with Gasteiger partial charge in [-0.05, 0) is 31.5 Å². The predicted molar refractivity (Wildman–Crippen MR) is 92.7 cm³/mol. The molecule has 3 aromatic rings. The zero-order valence-corrected chi connectivity index (χ0v) is 14.8. The van der Waals surface area contributed by atoms with Crippen LogP contribution in [0.1, 0.15) is 33.7 Å². The molecular weight excluding hydrogens is 346 g/mol. The van der Waals surface area contributed by atoms with Crippen LogP contribution in [0.3, 0.4) is 0 Å². The Balaban J connectivity index is 1.65. The van der Waals surface area contributed by atoms with E-state index in [1.54, 1.807) is 24.3 Å². The van der Waals surface area contributed by atoms with Crippen LogP contribution >= 0.6 is 23.1 Å². The maximum atomic E-state index is 12.3. The number of benzene rings is 1. The van der Waals surface area contributed by atoms with Crippen LogP contribution in [0.25, 0.3) is 0 Å². The number of amides is 1. The van der Waals surface area contributed by atoms with Gasteiger partial charge in [-0.25, -0.2) is 0 Å². The topological polar surface area (TPSA) is 89.9 Å². The second kappa shape index (κ2) is 7.45. The average molecular weight is 361 g/mol. The van der Waals surface area contributed by atoms with Crippen LogP contribution in [-0.2, 0) is 13.0 Å². The van der Waals surface area contributed by atoms with Crippen molar-refractivity contribution in [1.82, 2.24) is 18.9 Å². The van der Waals surface area contributed by atoms with Crippen molar-refractivity contribution in [3.05, 3.63) is 46.2 Å². The van der Waals surface area contributed by atoms with Gasteiger partial charge in [-0.2, -0.15) is 8.75 Å². The molecule has 0 saturated carbocycles. The van der Waals surface area contributed by atoms with Gasteiger partial charge in [-0.3, -0.25) is 10.1 Å². The van der Waals surface area contributed by atoms with Crippen LogP contribution in [-0.4, -0.2) is 24.9 Å². The summed E-state index contributed by atoms with van der Waals surface area (Å²) in [5.41, 5.74) is 2.15. The summed E-state index contributed by atoms with van der Waals surface area (Å²) in [5.74, 6) is 0.354. The number of ether oxygens (including phenoxy) is 1. The molecule has 0 bridgehead atoms. The summed E-state index contributed by atoms with van der Waals surface area (Å²) in [6.07, 6.45) is 0.793. The molecule has 0 aliphatic rings. The Bertz CT molecular complexity index is 846. The molecule has 0 saturated heterocycles. The number of nitrogens with zero attached hydrogens (tertiary/aromatic N) is 4. The van der Waals surface area contributed by atoms with E-state index >= 15 is 0 Å². The molecule has 0 radical (unpaired) electrons. The number of hydrogen-bond acceptors (Lipinski definition) is 8. The highest BCUT2D eigenvalue weighted by Gasteiger charge is 2.11. The van der Waals surface area contributed by atoms with Gasteiger partial charge in [0, 0.05) is 5.56 Å². The van der Waals surface area contributed by atoms with Crippen LogP contribution in [0.2, 0.25) is 0 Å². The van der Waals surface area contributed by atoms with Gasteiger partial charge in [-0.15, -0.1) is 10.2 Å². The van der Waals surface area contributed by atoms with Crippen molar-refractivity contribution in [2.75, 3.05) is 5.32 Å². The molecule has 7 nitrogen and oxygen atoms in total. The van der Waals surface area contributed by atoms with Crippen molar-refractivity contribution in [2.45, 2.75) is 26.9 Å². The molecule has 2 aromatic heterocycles. The molecule has 0 atom stereocenters. The van der Waals surface area contributed by atoms with Gasteiger partial charge in [0.2, 0.25) is 5.13 Å². The summed E-state index contributed by atoms with van der Waals surface area (Å²) in [5, 5.41) is 12.1. The van der Waals surface area contributed by atoms with Gasteiger partial charge in [-0.1, -0.05) is 24.3 Å². The third-order valence-electron chi connectivity index (χ3n) is 3.21. The summed E-state index contributed by atoms with van der Waals surface area (Å²) in [6, 6.07) is 6.98. The van der Waals surface area contributed by atoms with E-state index in [4.69, 9.17) is 4.74 Å². The first kappa shape index (κ1) is 16.5. The zero-order chi connectivity index (χ0) is 16.9. The fraction of sp³-hybridized carbons (Fsp3) is 0.267. The Labute approximate surface area is 147 Å². The molecule has 1 amide bonds. The van der Waals surface area contributed by atoms with Crippen molar-refractivity contribution >= 4 is 34.1 Å². The lowest BCUT2D eigenvalue weighted by atomic mass is 10.2. The quantitative estimate of drug-likeness (QED) is 0.725. The SMILES string of the molecule is CCc1nnc(NC(=O)c2cccc(OCc3nsnc3C)c2)s1. The van der Waals surface area contributed by atoms with E-state index in [-0.39, 0.29) is 5.91 Å². The van der Waals surface area contributed by atoms with E-state index < -0.39 is 0 Å². The lowest BCUT2D eigenvalue weighted by molar-refractivity contribution is 0.102. The minimum atomic E-state index is -0.245. The molecule has 1 N–H and O–H groups in total. The number of aryl methyl sites for hydroxylation is 2. The van der Waals surface area contributed by atoms with E-state index in [1.165, 1.54) is 11.3 Å². The van der Waals surface area contributed by atoms with Crippen molar-refractivity contribution < 1.29 is 9.53 Å². The number of nitrogens with one attached hydrogen (secondary N) is 1. The van der Waals surface area contributed by atoms with Crippen LogP contribution in [0.15, 0.2) is 24.3 Å². The Hall–Kier alpha value is -2.39. The number of anilines is 1. The lowest BCUT2D eigenvalue weighted by Gasteiger charge is -2.07. The second-order valence-corrected chi connectivity index (χ2v) is 6.51. The molecule has 3 rings (SSSR count). The first-order chi connectivity index (χ1) is 11.7. The van der Waals surface area contributed by atoms with E-state index in [1.807, 2.05) is 13.8 Å². The van der Waals surface area contributed by atoms with Gasteiger partial charge in [0.05, 0.1) is 17.4 Å². The first-order valence-corrected chi connectivity index (χ1v) is 8.85. The zero-order valence-electron chi connectivity index (χ0n) is 13.1. The number of hydrogen-bond donors (Lipinski definition) is 1. The highest BCUT2D eigenvalue weighted by atomic mass is 32.1. The Kier molecular flexibility index (Phi) is 5.11. The monoisotopic (exact) mass is 361 g/mol. The van der Waals surface area contributed by atoms with Crippen molar-refractivity contribution in [2.24, 2.45) is 0 Å². The van der Waals surface area contributed by atoms with Crippen molar-refractivity contribution in [1.29, 1.82) is 0 Å². The van der Waals surface area contributed by atoms with Crippen molar-refractivity contribution in [3.63, 3.8) is 0 Å². The average Bonchev–Trinajstić information content (AvgIpc) is 3.22. The second-order valence-electron chi connectivity index (χ2n) is 4.92. The molecule has 0 spiro atoms. The summed E-state index contributed by atoms with van der Waals surface area (Å²) >= 11 is 2.53. The van der Waals surface area contributed by atoms with Crippen LogP contribution in [0.4, 0.5) is 5.13 Å². The molecular formula is C15H15N5O2S2. The fourth-order valence-corrected chi connectivity index (χ4v) is 3.10. The van der Waals surface area contributed by atoms with E-state index in [0.29, 0.717) is 23.1 Å². The van der Waals surface area contributed by atoms with Gasteiger partial charge >= 0.3 is 0 Å². The normalized spacial score (nSPS) is 10.6. The number of rotatable bonds is 6. The number of carbonyl (C=O) groups is 1. The van der Waals surface area contributed by atoms with E-state index in [2.05, 4.69) is 24.3 Å². The predicted octanol–water partition coefficient (Wildman–Crippen LogP) is 3.09. The Morgan fingerprint density at radius 2 is 2.17 bits per heavy atom. The maximum Gasteiger partial charge on any atom is 0.257 e. The fourth-order valence-electron chi connectivity index (χ4n) is 1.88. The minimum absolute atomic E-state index is 0.245. The number of aromatic nitrogens is 4. The molecule has 24 heavy (non-hydrogen) atoms. The van der Waals surface area contributed by atoms with E-state index in [9.17, 15) is 4.79 Å². The molecule has 0 fully saturated rings. The summed E-state index contributed by atoms with van der Waals surface area (Å²) in [6.45, 7) is 4.20. The third kappa shape index (κ3) is 3.92. The lowest BCUT2D eigenvalue weighted by Crippen LogP contribution is -2.11. The molecule has 124 valence electrons. The third-order valence-corrected chi connectivity index (χ3v) is 4.85. The van der Waals surface area contributed by atoms with Crippen LogP contribution < -0.4 is 10.1 Å². The number of carbonyl (C=O) groups excluding carboxylic acids is 1. The van der Waals surface area contributed by atoms with Gasteiger partial charge in [0.15, 0.2) is 0 Å². The van der Waals surface area contributed by atoms with Gasteiger partial charge < -0.3 is 4.74 Å². The summed E-state index contributed by atoms with van der Waals surface area (Å²) in [7, 11) is 0. The largest absolute Gasteiger partial charge is 0.487 e. The Morgan fingerprint density at radius 3 is 2.88 bits per heavy atom. The van der Waals surface area contributed by atoms with Crippen molar-refractivity contribution in [3.8, 4) is 5.75 Å². The molecule has 0 unspecified atom stereocenters. The molecule has 9 heteroatoms. The summed E-state index contributed by atoms with van der Waals surface area (Å²) in [4.78, 5) is 12.3. The van der Waals surface area contributed by atoms with Gasteiger partial charge in [0.1, 0.15) is 23.1 Å². The first-order valence-electron chi connectivity index (χ1n) is 7.30. The molecule has 0 aliphatic heterocycles. The minimum Gasteiger partial charge on any atom is -0.487 e. The molecule has 0 aliphatic carbocycles.